The van der Waals surface area contributed by atoms with Crippen molar-refractivity contribution < 1.29 is 48.6 Å². The van der Waals surface area contributed by atoms with E-state index in [0.717, 1.165) is 0 Å². The molecule has 0 atom stereocenters. The van der Waals surface area contributed by atoms with E-state index in [1.54, 1.807) is 50.2 Å². The summed E-state index contributed by atoms with van der Waals surface area (Å²) in [5, 5.41) is 47.3. The fourth-order valence-electron chi connectivity index (χ4n) is 5.92. The summed E-state index contributed by atoms with van der Waals surface area (Å²) in [5.41, 5.74) is 1.92. The minimum atomic E-state index is -0.654. The van der Waals surface area contributed by atoms with Crippen LogP contribution in [0.15, 0.2) is 60.7 Å². The molecule has 14 heteroatoms. The first-order valence-electron chi connectivity index (χ1n) is 15.8. The highest BCUT2D eigenvalue weighted by Gasteiger charge is 2.25. The number of carbonyl (C=O) groups excluding carboxylic acids is 2. The summed E-state index contributed by atoms with van der Waals surface area (Å²) in [6, 6.07) is 15.0. The third-order valence-electron chi connectivity index (χ3n) is 8.09. The molecule has 4 aromatic carbocycles. The number of phenols is 2. The second-order valence-corrected chi connectivity index (χ2v) is 11.4. The molecule has 1 aliphatic rings. The SMILES string of the molecule is CCOC(=O)COc1c2cccc1Cc1cc([N+](=O)[O-])cc(c1O)Cc1cccc(c1OCC(=O)OCC)Cc1cc([N+](=O)[O-])cc(c1O)C2. The van der Waals surface area contributed by atoms with E-state index >= 15 is 0 Å². The Labute approximate surface area is 286 Å². The monoisotopic (exact) mass is 686 g/mol. The first-order valence-corrected chi connectivity index (χ1v) is 15.8. The van der Waals surface area contributed by atoms with Gasteiger partial charge in [0.2, 0.25) is 0 Å². The lowest BCUT2D eigenvalue weighted by molar-refractivity contribution is -0.385. The number of hydrogen-bond acceptors (Lipinski definition) is 12. The summed E-state index contributed by atoms with van der Waals surface area (Å²) in [6.07, 6.45) is -0.314. The second kappa shape index (κ2) is 15.4. The number of benzene rings is 4. The molecule has 0 heterocycles. The minimum Gasteiger partial charge on any atom is -0.507 e. The summed E-state index contributed by atoms with van der Waals surface area (Å²) < 4.78 is 22.0. The zero-order valence-electron chi connectivity index (χ0n) is 27.3. The van der Waals surface area contributed by atoms with Gasteiger partial charge >= 0.3 is 11.9 Å². The normalized spacial score (nSPS) is 12.0. The molecule has 0 aliphatic heterocycles. The Kier molecular flexibility index (Phi) is 10.8. The third-order valence-corrected chi connectivity index (χ3v) is 8.09. The number of non-ortho nitro benzene ring substituents is 2. The Bertz CT molecular complexity index is 1740. The van der Waals surface area contributed by atoms with Crippen LogP contribution in [0.5, 0.6) is 23.0 Å². The van der Waals surface area contributed by atoms with E-state index in [1.165, 1.54) is 24.3 Å². The number of carbonyl (C=O) groups is 2. The van der Waals surface area contributed by atoms with Crippen molar-refractivity contribution in [3.63, 3.8) is 0 Å². The molecule has 4 aromatic rings. The number of esters is 2. The van der Waals surface area contributed by atoms with Crippen LogP contribution in [0.4, 0.5) is 11.4 Å². The zero-order valence-corrected chi connectivity index (χ0v) is 27.3. The Hall–Kier alpha value is -6.18. The van der Waals surface area contributed by atoms with Crippen LogP contribution < -0.4 is 9.47 Å². The van der Waals surface area contributed by atoms with E-state index in [9.17, 15) is 40.0 Å². The number of hydrogen-bond donors (Lipinski definition) is 2. The van der Waals surface area contributed by atoms with Gasteiger partial charge < -0.3 is 29.2 Å². The average molecular weight is 687 g/mol. The number of phenolic OH excluding ortho intramolecular Hbond substituents is 2. The highest BCUT2D eigenvalue weighted by Crippen LogP contribution is 2.40. The van der Waals surface area contributed by atoms with E-state index < -0.39 is 35.0 Å². The van der Waals surface area contributed by atoms with Crippen molar-refractivity contribution in [1.29, 1.82) is 0 Å². The number of aromatic hydroxyl groups is 2. The predicted molar refractivity (Wildman–Crippen MR) is 178 cm³/mol. The quantitative estimate of drug-likeness (QED) is 0.107. The van der Waals surface area contributed by atoms with Crippen molar-refractivity contribution in [2.45, 2.75) is 39.5 Å². The van der Waals surface area contributed by atoms with Crippen LogP contribution in [0.25, 0.3) is 0 Å². The van der Waals surface area contributed by atoms with Crippen LogP contribution in [0.3, 0.4) is 0 Å². The molecule has 50 heavy (non-hydrogen) atoms. The molecule has 2 N–H and O–H groups in total. The smallest absolute Gasteiger partial charge is 0.344 e. The van der Waals surface area contributed by atoms with Crippen molar-refractivity contribution in [2.24, 2.45) is 0 Å². The molecule has 260 valence electrons. The molecule has 0 aromatic heterocycles. The van der Waals surface area contributed by atoms with Crippen molar-refractivity contribution in [3.05, 3.63) is 125 Å². The minimum absolute atomic E-state index is 0.0784. The number of para-hydroxylation sites is 2. The highest BCUT2D eigenvalue weighted by molar-refractivity contribution is 5.72. The molecule has 14 nitrogen and oxygen atoms in total. The summed E-state index contributed by atoms with van der Waals surface area (Å²) in [6.45, 7) is 2.54. The van der Waals surface area contributed by atoms with Gasteiger partial charge in [0.25, 0.3) is 11.4 Å². The molecule has 8 bridgehead atoms. The van der Waals surface area contributed by atoms with Gasteiger partial charge in [-0.1, -0.05) is 36.4 Å². The molecule has 0 spiro atoms. The van der Waals surface area contributed by atoms with Gasteiger partial charge in [-0.3, -0.25) is 20.2 Å². The second-order valence-electron chi connectivity index (χ2n) is 11.4. The molecule has 0 radical (unpaired) electrons. The number of ether oxygens (including phenoxy) is 4. The molecule has 5 rings (SSSR count). The largest absolute Gasteiger partial charge is 0.507 e. The topological polar surface area (TPSA) is 198 Å². The van der Waals surface area contributed by atoms with Gasteiger partial charge in [0, 0.05) is 72.2 Å². The lowest BCUT2D eigenvalue weighted by Gasteiger charge is -2.20. The fourth-order valence-corrected chi connectivity index (χ4v) is 5.92. The number of nitrogens with zero attached hydrogens (tertiary/aromatic N) is 2. The Balaban J connectivity index is 1.76. The first-order chi connectivity index (χ1) is 24.0. The van der Waals surface area contributed by atoms with Crippen LogP contribution in [-0.4, -0.2) is 58.4 Å². The maximum atomic E-state index is 12.3. The van der Waals surface area contributed by atoms with Crippen molar-refractivity contribution in [2.75, 3.05) is 26.4 Å². The summed E-state index contributed by atoms with van der Waals surface area (Å²) in [5.74, 6) is -1.37. The van der Waals surface area contributed by atoms with Gasteiger partial charge in [-0.15, -0.1) is 0 Å². The summed E-state index contributed by atoms with van der Waals surface area (Å²) in [7, 11) is 0. The van der Waals surface area contributed by atoms with E-state index in [2.05, 4.69) is 0 Å². The Morgan fingerprint density at radius 1 is 0.600 bits per heavy atom. The van der Waals surface area contributed by atoms with Gasteiger partial charge in [-0.2, -0.15) is 0 Å². The van der Waals surface area contributed by atoms with Gasteiger partial charge in [0.1, 0.15) is 23.0 Å². The standard InChI is InChI=1S/C36H34N2O12/c1-3-47-31(39)19-49-35-21-7-5-8-22(35)12-26-16-30(38(45)46)18-28(34(26)42)14-24-10-6-9-23(36(24)50-20-32(40)48-4-2)13-27-17-29(37(43)44)15-25(11-21)33(27)41/h5-10,15-18,41-42H,3-4,11-14,19-20H2,1-2H3. The third kappa shape index (κ3) is 7.92. The molecular weight excluding hydrogens is 652 g/mol. The Morgan fingerprint density at radius 2 is 0.900 bits per heavy atom. The van der Waals surface area contributed by atoms with Gasteiger partial charge in [-0.25, -0.2) is 9.59 Å². The van der Waals surface area contributed by atoms with E-state index in [4.69, 9.17) is 18.9 Å². The van der Waals surface area contributed by atoms with Crippen molar-refractivity contribution in [3.8, 4) is 23.0 Å². The lowest BCUT2D eigenvalue weighted by atomic mass is 9.91. The van der Waals surface area contributed by atoms with Crippen LogP contribution in [-0.2, 0) is 44.7 Å². The average Bonchev–Trinajstić information content (AvgIpc) is 3.07. The molecule has 0 saturated heterocycles. The maximum Gasteiger partial charge on any atom is 0.344 e. The maximum absolute atomic E-state index is 12.3. The first kappa shape index (κ1) is 35.1. The number of fused-ring (bicyclic) bond motifs is 8. The number of rotatable bonds is 10. The Morgan fingerprint density at radius 3 is 1.16 bits per heavy atom. The summed E-state index contributed by atoms with van der Waals surface area (Å²) >= 11 is 0. The molecule has 0 fully saturated rings. The van der Waals surface area contributed by atoms with Gasteiger partial charge in [-0.05, 0) is 36.1 Å². The van der Waals surface area contributed by atoms with E-state index in [0.29, 0.717) is 22.3 Å². The predicted octanol–water partition coefficient (Wildman–Crippen LogP) is 5.47. The van der Waals surface area contributed by atoms with Crippen molar-refractivity contribution >= 4 is 23.3 Å². The van der Waals surface area contributed by atoms with Crippen LogP contribution in [0, 0.1) is 20.2 Å². The molecular formula is C36H34N2O12. The van der Waals surface area contributed by atoms with E-state index in [-0.39, 0.29) is 95.5 Å². The summed E-state index contributed by atoms with van der Waals surface area (Å²) in [4.78, 5) is 47.7. The van der Waals surface area contributed by atoms with E-state index in [1.807, 2.05) is 0 Å². The van der Waals surface area contributed by atoms with Crippen molar-refractivity contribution in [1.82, 2.24) is 0 Å². The number of nitro groups is 2. The lowest BCUT2D eigenvalue weighted by Crippen LogP contribution is -2.16. The fraction of sp³-hybridized carbons (Fsp3) is 0.278. The van der Waals surface area contributed by atoms with Gasteiger partial charge in [0.05, 0.1) is 23.1 Å². The van der Waals surface area contributed by atoms with Gasteiger partial charge in [0.15, 0.2) is 13.2 Å². The van der Waals surface area contributed by atoms with Crippen LogP contribution >= 0.6 is 0 Å². The number of nitro benzene ring substituents is 2. The van der Waals surface area contributed by atoms with Crippen LogP contribution in [0.2, 0.25) is 0 Å². The molecule has 0 unspecified atom stereocenters. The zero-order chi connectivity index (χ0) is 35.9. The van der Waals surface area contributed by atoms with Crippen LogP contribution in [0.1, 0.15) is 58.4 Å². The molecule has 0 saturated carbocycles. The highest BCUT2D eigenvalue weighted by atomic mass is 16.6. The molecule has 0 amide bonds. The molecule has 1 aliphatic carbocycles.